The van der Waals surface area contributed by atoms with Gasteiger partial charge in [0.05, 0.1) is 6.61 Å². The third kappa shape index (κ3) is 7.49. The van der Waals surface area contributed by atoms with Gasteiger partial charge in [-0.15, -0.1) is 0 Å². The third-order valence-electron chi connectivity index (χ3n) is 3.87. The highest BCUT2D eigenvalue weighted by atomic mass is 16.5. The molecule has 0 bridgehead atoms. The highest BCUT2D eigenvalue weighted by Crippen LogP contribution is 2.23. The summed E-state index contributed by atoms with van der Waals surface area (Å²) < 4.78 is 5.55. The van der Waals surface area contributed by atoms with Crippen LogP contribution in [0.15, 0.2) is 24.3 Å². The van der Waals surface area contributed by atoms with Crippen molar-refractivity contribution in [3.8, 4) is 5.75 Å². The summed E-state index contributed by atoms with van der Waals surface area (Å²) in [4.78, 5) is 0. The summed E-state index contributed by atoms with van der Waals surface area (Å²) in [6, 6.07) is 8.47. The van der Waals surface area contributed by atoms with Gasteiger partial charge in [-0.2, -0.15) is 0 Å². The van der Waals surface area contributed by atoms with Gasteiger partial charge in [0.2, 0.25) is 0 Å². The fourth-order valence-corrected chi connectivity index (χ4v) is 2.64. The molecule has 1 aromatic carbocycles. The van der Waals surface area contributed by atoms with Crippen molar-refractivity contribution in [1.29, 1.82) is 0 Å². The maximum absolute atomic E-state index is 5.72. The van der Waals surface area contributed by atoms with Crippen LogP contribution in [0.5, 0.6) is 5.75 Å². The molecule has 3 nitrogen and oxygen atoms in total. The van der Waals surface area contributed by atoms with E-state index >= 15 is 0 Å². The van der Waals surface area contributed by atoms with E-state index in [9.17, 15) is 0 Å². The number of benzene rings is 1. The van der Waals surface area contributed by atoms with Crippen molar-refractivity contribution < 1.29 is 4.74 Å². The molecule has 1 rings (SSSR count). The van der Waals surface area contributed by atoms with Gasteiger partial charge >= 0.3 is 0 Å². The average molecular weight is 292 g/mol. The summed E-state index contributed by atoms with van der Waals surface area (Å²) in [7, 11) is 0. The van der Waals surface area contributed by atoms with Crippen molar-refractivity contribution in [3.63, 3.8) is 0 Å². The summed E-state index contributed by atoms with van der Waals surface area (Å²) >= 11 is 0. The Kier molecular flexibility index (Phi) is 9.92. The highest BCUT2D eigenvalue weighted by Gasteiger charge is 2.10. The highest BCUT2D eigenvalue weighted by molar-refractivity contribution is 5.30. The minimum atomic E-state index is 0.223. The first-order valence-corrected chi connectivity index (χ1v) is 8.50. The SMILES string of the molecule is CCCCCCCCCC(NN)c1cccc(OCC)c1. The molecule has 3 heteroatoms. The lowest BCUT2D eigenvalue weighted by molar-refractivity contribution is 0.339. The van der Waals surface area contributed by atoms with Crippen LogP contribution in [0.1, 0.15) is 76.8 Å². The molecule has 120 valence electrons. The zero-order valence-electron chi connectivity index (χ0n) is 13.7. The first-order chi connectivity index (χ1) is 10.3. The van der Waals surface area contributed by atoms with E-state index in [1.807, 2.05) is 19.1 Å². The first-order valence-electron chi connectivity index (χ1n) is 8.50. The van der Waals surface area contributed by atoms with Crippen LogP contribution in [0.4, 0.5) is 0 Å². The molecular formula is C18H32N2O. The summed E-state index contributed by atoms with van der Waals surface area (Å²) in [5.41, 5.74) is 4.16. The van der Waals surface area contributed by atoms with E-state index in [-0.39, 0.29) is 6.04 Å². The van der Waals surface area contributed by atoms with Crippen molar-refractivity contribution in [2.75, 3.05) is 6.61 Å². The molecule has 0 heterocycles. The topological polar surface area (TPSA) is 47.3 Å². The molecule has 0 saturated heterocycles. The van der Waals surface area contributed by atoms with E-state index in [1.165, 1.54) is 50.5 Å². The molecule has 0 saturated carbocycles. The second kappa shape index (κ2) is 11.6. The quantitative estimate of drug-likeness (QED) is 0.332. The van der Waals surface area contributed by atoms with Crippen molar-refractivity contribution >= 4 is 0 Å². The fraction of sp³-hybridized carbons (Fsp3) is 0.667. The van der Waals surface area contributed by atoms with Crippen molar-refractivity contribution in [2.24, 2.45) is 5.84 Å². The Morgan fingerprint density at radius 1 is 1.05 bits per heavy atom. The molecule has 0 aliphatic carbocycles. The number of rotatable bonds is 12. The summed E-state index contributed by atoms with van der Waals surface area (Å²) in [6.45, 7) is 4.96. The van der Waals surface area contributed by atoms with Crippen LogP contribution in [-0.2, 0) is 0 Å². The van der Waals surface area contributed by atoms with Crippen LogP contribution in [0.2, 0.25) is 0 Å². The first kappa shape index (κ1) is 18.0. The number of hydrogen-bond donors (Lipinski definition) is 2. The third-order valence-corrected chi connectivity index (χ3v) is 3.87. The Hall–Kier alpha value is -1.06. The van der Waals surface area contributed by atoms with E-state index in [2.05, 4.69) is 24.5 Å². The molecule has 0 aliphatic rings. The van der Waals surface area contributed by atoms with Gasteiger partial charge < -0.3 is 4.74 Å². The molecular weight excluding hydrogens is 260 g/mol. The maximum atomic E-state index is 5.72. The molecule has 3 N–H and O–H groups in total. The van der Waals surface area contributed by atoms with Gasteiger partial charge in [0.1, 0.15) is 5.75 Å². The van der Waals surface area contributed by atoms with Crippen LogP contribution in [0.3, 0.4) is 0 Å². The normalized spacial score (nSPS) is 12.3. The Labute approximate surface area is 130 Å². The van der Waals surface area contributed by atoms with E-state index in [0.29, 0.717) is 6.61 Å². The van der Waals surface area contributed by atoms with Gasteiger partial charge in [-0.3, -0.25) is 11.3 Å². The summed E-state index contributed by atoms with van der Waals surface area (Å²) in [6.07, 6.45) is 10.4. The minimum absolute atomic E-state index is 0.223. The molecule has 0 fully saturated rings. The molecule has 0 radical (unpaired) electrons. The van der Waals surface area contributed by atoms with E-state index in [4.69, 9.17) is 10.6 Å². The largest absolute Gasteiger partial charge is 0.494 e. The summed E-state index contributed by atoms with van der Waals surface area (Å²) in [5, 5.41) is 0. The van der Waals surface area contributed by atoms with Gasteiger partial charge in [-0.05, 0) is 31.0 Å². The van der Waals surface area contributed by atoms with Crippen LogP contribution < -0.4 is 16.0 Å². The van der Waals surface area contributed by atoms with Crippen LogP contribution >= 0.6 is 0 Å². The molecule has 1 unspecified atom stereocenters. The molecule has 0 spiro atoms. The van der Waals surface area contributed by atoms with Gasteiger partial charge in [-0.25, -0.2) is 0 Å². The van der Waals surface area contributed by atoms with Crippen molar-refractivity contribution in [2.45, 2.75) is 71.3 Å². The van der Waals surface area contributed by atoms with Crippen LogP contribution in [0, 0.1) is 0 Å². The van der Waals surface area contributed by atoms with Crippen molar-refractivity contribution in [3.05, 3.63) is 29.8 Å². The molecule has 21 heavy (non-hydrogen) atoms. The Balaban J connectivity index is 2.32. The average Bonchev–Trinajstić information content (AvgIpc) is 2.51. The summed E-state index contributed by atoms with van der Waals surface area (Å²) in [5.74, 6) is 6.64. The molecule has 0 amide bonds. The van der Waals surface area contributed by atoms with E-state index in [1.54, 1.807) is 0 Å². The standard InChI is InChI=1S/C18H32N2O/c1-3-5-6-7-8-9-10-14-18(20-19)16-12-11-13-17(15-16)21-4-2/h11-13,15,18,20H,3-10,14,19H2,1-2H3. The number of nitrogens with two attached hydrogens (primary N) is 1. The molecule has 1 aromatic rings. The molecule has 1 atom stereocenters. The van der Waals surface area contributed by atoms with E-state index < -0.39 is 0 Å². The maximum Gasteiger partial charge on any atom is 0.119 e. The number of hydrazine groups is 1. The molecule has 0 aromatic heterocycles. The lowest BCUT2D eigenvalue weighted by atomic mass is 10.00. The Morgan fingerprint density at radius 2 is 1.76 bits per heavy atom. The van der Waals surface area contributed by atoms with Gasteiger partial charge in [0.25, 0.3) is 0 Å². The predicted octanol–water partition coefficient (Wildman–Crippen LogP) is 4.73. The second-order valence-electron chi connectivity index (χ2n) is 5.63. The van der Waals surface area contributed by atoms with Crippen molar-refractivity contribution in [1.82, 2.24) is 5.43 Å². The monoisotopic (exact) mass is 292 g/mol. The lowest BCUT2D eigenvalue weighted by Gasteiger charge is -2.17. The zero-order valence-corrected chi connectivity index (χ0v) is 13.7. The molecule has 0 aliphatic heterocycles. The second-order valence-corrected chi connectivity index (χ2v) is 5.63. The predicted molar refractivity (Wildman–Crippen MR) is 90.3 cm³/mol. The number of ether oxygens (including phenoxy) is 1. The van der Waals surface area contributed by atoms with Crippen LogP contribution in [0.25, 0.3) is 0 Å². The van der Waals surface area contributed by atoms with Gasteiger partial charge in [-0.1, -0.05) is 64.0 Å². The fourth-order valence-electron chi connectivity index (χ4n) is 2.64. The van der Waals surface area contributed by atoms with E-state index in [0.717, 1.165) is 12.2 Å². The lowest BCUT2D eigenvalue weighted by Crippen LogP contribution is -2.28. The number of hydrogen-bond acceptors (Lipinski definition) is 3. The van der Waals surface area contributed by atoms with Gasteiger partial charge in [0, 0.05) is 6.04 Å². The van der Waals surface area contributed by atoms with Crippen LogP contribution in [-0.4, -0.2) is 6.61 Å². The Bertz CT molecular complexity index is 368. The number of nitrogens with one attached hydrogen (secondary N) is 1. The Morgan fingerprint density at radius 3 is 2.43 bits per heavy atom. The van der Waals surface area contributed by atoms with Gasteiger partial charge in [0.15, 0.2) is 0 Å². The zero-order chi connectivity index (χ0) is 15.3. The number of unbranched alkanes of at least 4 members (excludes halogenated alkanes) is 6. The smallest absolute Gasteiger partial charge is 0.119 e. The minimum Gasteiger partial charge on any atom is -0.494 e.